The number of carbonyl (C=O) groups excluding carboxylic acids is 2. The second-order valence-corrected chi connectivity index (χ2v) is 5.30. The molecule has 1 fully saturated rings. The summed E-state index contributed by atoms with van der Waals surface area (Å²) in [5.41, 5.74) is 0.277. The molecule has 114 valence electrons. The van der Waals surface area contributed by atoms with E-state index in [1.54, 1.807) is 11.9 Å². The molecule has 6 heteroatoms. The van der Waals surface area contributed by atoms with Crippen molar-refractivity contribution < 1.29 is 9.59 Å². The number of anilines is 1. The maximum absolute atomic E-state index is 12.4. The summed E-state index contributed by atoms with van der Waals surface area (Å²) in [5.74, 6) is -0.270. The van der Waals surface area contributed by atoms with Gasteiger partial charge in [-0.15, -0.1) is 0 Å². The lowest BCUT2D eigenvalue weighted by Gasteiger charge is -2.19. The Labute approximate surface area is 123 Å². The molecule has 2 rings (SSSR count). The molecule has 1 saturated carbocycles. The van der Waals surface area contributed by atoms with E-state index in [-0.39, 0.29) is 29.0 Å². The van der Waals surface area contributed by atoms with E-state index in [9.17, 15) is 14.4 Å². The van der Waals surface area contributed by atoms with E-state index in [0.717, 1.165) is 12.8 Å². The zero-order chi connectivity index (χ0) is 15.6. The van der Waals surface area contributed by atoms with Crippen molar-refractivity contribution in [2.75, 3.05) is 18.4 Å². The lowest BCUT2D eigenvalue weighted by molar-refractivity contribution is -0.117. The summed E-state index contributed by atoms with van der Waals surface area (Å²) in [4.78, 5) is 37.9. The maximum Gasteiger partial charge on any atom is 0.274 e. The molecule has 1 aliphatic rings. The second kappa shape index (κ2) is 6.11. The maximum atomic E-state index is 12.4. The molecule has 1 aromatic rings. The highest BCUT2D eigenvalue weighted by Gasteiger charge is 2.30. The van der Waals surface area contributed by atoms with Crippen LogP contribution < -0.4 is 10.9 Å². The number of hydrogen-bond acceptors (Lipinski definition) is 3. The first-order chi connectivity index (χ1) is 9.97. The molecular weight excluding hydrogens is 270 g/mol. The number of amides is 2. The van der Waals surface area contributed by atoms with Gasteiger partial charge in [0, 0.05) is 32.3 Å². The minimum atomic E-state index is -0.305. The third-order valence-corrected chi connectivity index (χ3v) is 3.69. The van der Waals surface area contributed by atoms with Crippen molar-refractivity contribution in [3.8, 4) is 0 Å². The lowest BCUT2D eigenvalue weighted by Crippen LogP contribution is -2.32. The van der Waals surface area contributed by atoms with E-state index < -0.39 is 0 Å². The van der Waals surface area contributed by atoms with Crippen LogP contribution in [0, 0.1) is 5.92 Å². The smallest absolute Gasteiger partial charge is 0.274 e. The van der Waals surface area contributed by atoms with Gasteiger partial charge in [-0.25, -0.2) is 0 Å². The fourth-order valence-electron chi connectivity index (χ4n) is 2.19. The van der Waals surface area contributed by atoms with E-state index in [1.807, 2.05) is 13.8 Å². The monoisotopic (exact) mass is 291 g/mol. The van der Waals surface area contributed by atoms with Crippen molar-refractivity contribution in [2.24, 2.45) is 13.0 Å². The van der Waals surface area contributed by atoms with Crippen LogP contribution in [-0.2, 0) is 11.8 Å². The van der Waals surface area contributed by atoms with Gasteiger partial charge >= 0.3 is 0 Å². The van der Waals surface area contributed by atoms with Crippen LogP contribution in [0.1, 0.15) is 37.0 Å². The average Bonchev–Trinajstić information content (AvgIpc) is 3.29. The van der Waals surface area contributed by atoms with Crippen LogP contribution in [0.15, 0.2) is 17.1 Å². The summed E-state index contributed by atoms with van der Waals surface area (Å²) in [7, 11) is 1.58. The molecule has 1 aromatic heterocycles. The molecule has 0 spiro atoms. The summed E-state index contributed by atoms with van der Waals surface area (Å²) in [6, 6.07) is 1.48. The normalized spacial score (nSPS) is 13.9. The third-order valence-electron chi connectivity index (χ3n) is 3.69. The summed E-state index contributed by atoms with van der Waals surface area (Å²) in [6.45, 7) is 5.00. The molecule has 1 N–H and O–H groups in total. The Morgan fingerprint density at radius 2 is 1.95 bits per heavy atom. The minimum absolute atomic E-state index is 0.0110. The standard InChI is InChI=1S/C15H21N3O3/c1-4-18(5-2)14(20)11-8-12(15(21)17(3)9-11)16-13(19)10-6-7-10/h8-10H,4-7H2,1-3H3,(H,16,19). The summed E-state index contributed by atoms with van der Waals surface area (Å²) in [5, 5.41) is 2.64. The highest BCUT2D eigenvalue weighted by Crippen LogP contribution is 2.29. The van der Waals surface area contributed by atoms with Gasteiger partial charge in [0.2, 0.25) is 5.91 Å². The lowest BCUT2D eigenvalue weighted by atomic mass is 10.2. The first kappa shape index (κ1) is 15.3. The van der Waals surface area contributed by atoms with Gasteiger partial charge in [-0.2, -0.15) is 0 Å². The first-order valence-corrected chi connectivity index (χ1v) is 7.28. The van der Waals surface area contributed by atoms with Gasteiger partial charge in [0.05, 0.1) is 5.56 Å². The van der Waals surface area contributed by atoms with Gasteiger partial charge in [0.25, 0.3) is 11.5 Å². The molecule has 2 amide bonds. The van der Waals surface area contributed by atoms with Crippen LogP contribution in [-0.4, -0.2) is 34.4 Å². The molecule has 0 atom stereocenters. The predicted molar refractivity (Wildman–Crippen MR) is 80.3 cm³/mol. The molecule has 1 aliphatic carbocycles. The fraction of sp³-hybridized carbons (Fsp3) is 0.533. The van der Waals surface area contributed by atoms with Gasteiger partial charge < -0.3 is 14.8 Å². The molecule has 0 saturated heterocycles. The number of aryl methyl sites for hydroxylation is 1. The second-order valence-electron chi connectivity index (χ2n) is 5.30. The van der Waals surface area contributed by atoms with Crippen molar-refractivity contribution in [3.63, 3.8) is 0 Å². The van der Waals surface area contributed by atoms with Gasteiger partial charge in [-0.3, -0.25) is 14.4 Å². The Hall–Kier alpha value is -2.11. The zero-order valence-electron chi connectivity index (χ0n) is 12.7. The predicted octanol–water partition coefficient (Wildman–Crippen LogP) is 1.22. The Bertz CT molecular complexity index is 613. The quantitative estimate of drug-likeness (QED) is 0.886. The number of hydrogen-bond donors (Lipinski definition) is 1. The summed E-state index contributed by atoms with van der Waals surface area (Å²) in [6.07, 6.45) is 3.24. The first-order valence-electron chi connectivity index (χ1n) is 7.28. The van der Waals surface area contributed by atoms with Crippen molar-refractivity contribution >= 4 is 17.5 Å². The third kappa shape index (κ3) is 3.32. The van der Waals surface area contributed by atoms with Crippen LogP contribution in [0.2, 0.25) is 0 Å². The van der Waals surface area contributed by atoms with E-state index >= 15 is 0 Å². The molecule has 0 aromatic carbocycles. The highest BCUT2D eigenvalue weighted by atomic mass is 16.2. The average molecular weight is 291 g/mol. The number of nitrogens with zero attached hydrogens (tertiary/aromatic N) is 2. The molecule has 0 bridgehead atoms. The topological polar surface area (TPSA) is 71.4 Å². The Morgan fingerprint density at radius 1 is 1.33 bits per heavy atom. The van der Waals surface area contributed by atoms with E-state index in [2.05, 4.69) is 5.32 Å². The number of pyridine rings is 1. The summed E-state index contributed by atoms with van der Waals surface area (Å²) >= 11 is 0. The molecule has 0 aliphatic heterocycles. The van der Waals surface area contributed by atoms with E-state index in [4.69, 9.17) is 0 Å². The Morgan fingerprint density at radius 3 is 2.48 bits per heavy atom. The van der Waals surface area contributed by atoms with Crippen molar-refractivity contribution in [3.05, 3.63) is 28.2 Å². The van der Waals surface area contributed by atoms with E-state index in [1.165, 1.54) is 16.8 Å². The minimum Gasteiger partial charge on any atom is -0.339 e. The molecule has 1 heterocycles. The van der Waals surface area contributed by atoms with Crippen molar-refractivity contribution in [2.45, 2.75) is 26.7 Å². The van der Waals surface area contributed by atoms with E-state index in [0.29, 0.717) is 18.7 Å². The van der Waals surface area contributed by atoms with Crippen LogP contribution in [0.4, 0.5) is 5.69 Å². The van der Waals surface area contributed by atoms with Crippen LogP contribution in [0.25, 0.3) is 0 Å². The van der Waals surface area contributed by atoms with Crippen LogP contribution in [0.5, 0.6) is 0 Å². The Balaban J connectivity index is 2.31. The number of carbonyl (C=O) groups is 2. The molecule has 6 nitrogen and oxygen atoms in total. The number of aromatic nitrogens is 1. The highest BCUT2D eigenvalue weighted by molar-refractivity contribution is 5.97. The zero-order valence-corrected chi connectivity index (χ0v) is 12.7. The number of nitrogens with one attached hydrogen (secondary N) is 1. The molecule has 0 unspecified atom stereocenters. The molecular formula is C15H21N3O3. The number of rotatable bonds is 5. The van der Waals surface area contributed by atoms with Crippen molar-refractivity contribution in [1.82, 2.24) is 9.47 Å². The fourth-order valence-corrected chi connectivity index (χ4v) is 2.19. The van der Waals surface area contributed by atoms with Gasteiger partial charge in [0.1, 0.15) is 5.69 Å². The van der Waals surface area contributed by atoms with Crippen LogP contribution in [0.3, 0.4) is 0 Å². The van der Waals surface area contributed by atoms with Gasteiger partial charge in [-0.05, 0) is 32.8 Å². The molecule has 21 heavy (non-hydrogen) atoms. The largest absolute Gasteiger partial charge is 0.339 e. The Kier molecular flexibility index (Phi) is 4.45. The van der Waals surface area contributed by atoms with Gasteiger partial charge in [-0.1, -0.05) is 0 Å². The van der Waals surface area contributed by atoms with Crippen molar-refractivity contribution in [1.29, 1.82) is 0 Å². The SMILES string of the molecule is CCN(CC)C(=O)c1cc(NC(=O)C2CC2)c(=O)n(C)c1. The molecule has 0 radical (unpaired) electrons. The van der Waals surface area contributed by atoms with Crippen LogP contribution >= 0.6 is 0 Å². The summed E-state index contributed by atoms with van der Waals surface area (Å²) < 4.78 is 1.33. The van der Waals surface area contributed by atoms with Gasteiger partial charge in [0.15, 0.2) is 0 Å².